The number of carbonyl (C=O) groups excluding carboxylic acids is 1. The molecule has 0 aliphatic heterocycles. The highest BCUT2D eigenvalue weighted by atomic mass is 16.6. The van der Waals surface area contributed by atoms with E-state index in [1.54, 1.807) is 12.3 Å². The van der Waals surface area contributed by atoms with Crippen molar-refractivity contribution in [1.29, 1.82) is 0 Å². The molecule has 2 aromatic carbocycles. The van der Waals surface area contributed by atoms with Gasteiger partial charge in [0.2, 0.25) is 0 Å². The van der Waals surface area contributed by atoms with E-state index in [2.05, 4.69) is 15.8 Å². The molecule has 0 spiro atoms. The second kappa shape index (κ2) is 8.61. The molecule has 1 heterocycles. The van der Waals surface area contributed by atoms with E-state index in [1.807, 2.05) is 66.7 Å². The monoisotopic (exact) mass is 333 g/mol. The van der Waals surface area contributed by atoms with Gasteiger partial charge >= 0.3 is 0 Å². The highest BCUT2D eigenvalue weighted by Gasteiger charge is 2.11. The summed E-state index contributed by atoms with van der Waals surface area (Å²) in [6.07, 6.45) is 1.74. The zero-order valence-electron chi connectivity index (χ0n) is 13.7. The van der Waals surface area contributed by atoms with Crippen LogP contribution in [0.15, 0.2) is 79.0 Å². The fourth-order valence-electron chi connectivity index (χ4n) is 2.34. The molecule has 0 unspecified atom stereocenters. The van der Waals surface area contributed by atoms with Crippen molar-refractivity contribution in [3.63, 3.8) is 0 Å². The number of hydrogen-bond donors (Lipinski definition) is 2. The summed E-state index contributed by atoms with van der Waals surface area (Å²) in [7, 11) is 0. The van der Waals surface area contributed by atoms with Crippen LogP contribution < -0.4 is 10.8 Å². The first-order valence-electron chi connectivity index (χ1n) is 8.02. The SMILES string of the molecule is O=C(NOCc1ccccc1)c1ccccc1NCc1ccccn1. The number of nitrogens with one attached hydrogen (secondary N) is 2. The number of carbonyl (C=O) groups is 1. The van der Waals surface area contributed by atoms with E-state index in [0.29, 0.717) is 18.7 Å². The van der Waals surface area contributed by atoms with Crippen molar-refractivity contribution in [1.82, 2.24) is 10.5 Å². The topological polar surface area (TPSA) is 63.2 Å². The lowest BCUT2D eigenvalue weighted by atomic mass is 10.1. The Hall–Kier alpha value is -3.18. The van der Waals surface area contributed by atoms with Crippen LogP contribution in [0.2, 0.25) is 0 Å². The maximum absolute atomic E-state index is 12.4. The maximum Gasteiger partial charge on any atom is 0.276 e. The zero-order chi connectivity index (χ0) is 17.3. The van der Waals surface area contributed by atoms with E-state index < -0.39 is 0 Å². The average molecular weight is 333 g/mol. The second-order valence-corrected chi connectivity index (χ2v) is 5.43. The first-order valence-corrected chi connectivity index (χ1v) is 8.02. The molecule has 0 aliphatic carbocycles. The van der Waals surface area contributed by atoms with Gasteiger partial charge in [-0.05, 0) is 29.8 Å². The van der Waals surface area contributed by atoms with Crippen LogP contribution in [-0.2, 0) is 18.0 Å². The van der Waals surface area contributed by atoms with Gasteiger partial charge in [0.1, 0.15) is 0 Å². The molecule has 5 heteroatoms. The van der Waals surface area contributed by atoms with Gasteiger partial charge in [-0.25, -0.2) is 5.48 Å². The summed E-state index contributed by atoms with van der Waals surface area (Å²) < 4.78 is 0. The number of pyridine rings is 1. The Kier molecular flexibility index (Phi) is 5.74. The first kappa shape index (κ1) is 16.7. The number of hydrogen-bond acceptors (Lipinski definition) is 4. The quantitative estimate of drug-likeness (QED) is 0.649. The summed E-state index contributed by atoms with van der Waals surface area (Å²) >= 11 is 0. The van der Waals surface area contributed by atoms with Crippen molar-refractivity contribution in [3.05, 3.63) is 95.8 Å². The summed E-state index contributed by atoms with van der Waals surface area (Å²) in [4.78, 5) is 22.0. The lowest BCUT2D eigenvalue weighted by Crippen LogP contribution is -2.24. The summed E-state index contributed by atoms with van der Waals surface area (Å²) in [6, 6.07) is 22.7. The van der Waals surface area contributed by atoms with Gasteiger partial charge in [0.15, 0.2) is 0 Å². The molecule has 25 heavy (non-hydrogen) atoms. The summed E-state index contributed by atoms with van der Waals surface area (Å²) in [6.45, 7) is 0.853. The predicted molar refractivity (Wildman–Crippen MR) is 96.7 cm³/mol. The minimum atomic E-state index is -0.292. The van der Waals surface area contributed by atoms with Crippen molar-refractivity contribution in [2.45, 2.75) is 13.2 Å². The third-order valence-electron chi connectivity index (χ3n) is 3.60. The molecule has 0 atom stereocenters. The second-order valence-electron chi connectivity index (χ2n) is 5.43. The van der Waals surface area contributed by atoms with E-state index in [1.165, 1.54) is 0 Å². The van der Waals surface area contributed by atoms with Crippen LogP contribution in [-0.4, -0.2) is 10.9 Å². The fraction of sp³-hybridized carbons (Fsp3) is 0.100. The number of benzene rings is 2. The minimum Gasteiger partial charge on any atom is -0.379 e. The molecule has 0 radical (unpaired) electrons. The van der Waals surface area contributed by atoms with Gasteiger partial charge in [-0.1, -0.05) is 48.5 Å². The molecule has 5 nitrogen and oxygen atoms in total. The number of nitrogens with zero attached hydrogens (tertiary/aromatic N) is 1. The van der Waals surface area contributed by atoms with Crippen LogP contribution in [0.3, 0.4) is 0 Å². The first-order chi connectivity index (χ1) is 12.3. The van der Waals surface area contributed by atoms with Crippen LogP contribution in [0.5, 0.6) is 0 Å². The Morgan fingerprint density at radius 3 is 2.48 bits per heavy atom. The van der Waals surface area contributed by atoms with Crippen molar-refractivity contribution in [2.24, 2.45) is 0 Å². The average Bonchev–Trinajstić information content (AvgIpc) is 2.68. The van der Waals surface area contributed by atoms with E-state index in [4.69, 9.17) is 4.84 Å². The molecular weight excluding hydrogens is 314 g/mol. The Balaban J connectivity index is 1.58. The number of rotatable bonds is 7. The molecule has 126 valence electrons. The molecule has 1 aromatic heterocycles. The number of hydroxylamine groups is 1. The van der Waals surface area contributed by atoms with Gasteiger partial charge in [0, 0.05) is 11.9 Å². The van der Waals surface area contributed by atoms with E-state index in [9.17, 15) is 4.79 Å². The van der Waals surface area contributed by atoms with Gasteiger partial charge in [-0.15, -0.1) is 0 Å². The third-order valence-corrected chi connectivity index (χ3v) is 3.60. The normalized spacial score (nSPS) is 10.2. The Bertz CT molecular complexity index is 807. The molecule has 2 N–H and O–H groups in total. The van der Waals surface area contributed by atoms with Crippen LogP contribution in [0.4, 0.5) is 5.69 Å². The summed E-state index contributed by atoms with van der Waals surface area (Å²) in [5.74, 6) is -0.292. The molecule has 0 aliphatic rings. The lowest BCUT2D eigenvalue weighted by molar-refractivity contribution is 0.0234. The maximum atomic E-state index is 12.4. The standard InChI is InChI=1S/C20H19N3O2/c24-20(23-25-15-16-8-2-1-3-9-16)18-11-4-5-12-19(18)22-14-17-10-6-7-13-21-17/h1-13,22H,14-15H2,(H,23,24). The zero-order valence-corrected chi connectivity index (χ0v) is 13.7. The van der Waals surface area contributed by atoms with Gasteiger partial charge in [0.05, 0.1) is 24.4 Å². The molecular formula is C20H19N3O2. The van der Waals surface area contributed by atoms with E-state index in [-0.39, 0.29) is 5.91 Å². The summed E-state index contributed by atoms with van der Waals surface area (Å²) in [5, 5.41) is 3.24. The molecule has 1 amide bonds. The fourth-order valence-corrected chi connectivity index (χ4v) is 2.34. The van der Waals surface area contributed by atoms with Gasteiger partial charge in [0.25, 0.3) is 5.91 Å². The number of amides is 1. The Labute approximate surface area is 146 Å². The molecule has 0 bridgehead atoms. The summed E-state index contributed by atoms with van der Waals surface area (Å²) in [5.41, 5.74) is 5.63. The molecule has 0 saturated carbocycles. The minimum absolute atomic E-state index is 0.292. The highest BCUT2D eigenvalue weighted by molar-refractivity contribution is 5.98. The van der Waals surface area contributed by atoms with Crippen LogP contribution >= 0.6 is 0 Å². The largest absolute Gasteiger partial charge is 0.379 e. The van der Waals surface area contributed by atoms with Crippen molar-refractivity contribution in [2.75, 3.05) is 5.32 Å². The molecule has 0 saturated heterocycles. The van der Waals surface area contributed by atoms with E-state index >= 15 is 0 Å². The Morgan fingerprint density at radius 2 is 1.68 bits per heavy atom. The van der Waals surface area contributed by atoms with Crippen molar-refractivity contribution >= 4 is 11.6 Å². The molecule has 3 rings (SSSR count). The Morgan fingerprint density at radius 1 is 0.920 bits per heavy atom. The number of aromatic nitrogens is 1. The van der Waals surface area contributed by atoms with Crippen molar-refractivity contribution in [3.8, 4) is 0 Å². The number of para-hydroxylation sites is 1. The van der Waals surface area contributed by atoms with E-state index in [0.717, 1.165) is 16.9 Å². The highest BCUT2D eigenvalue weighted by Crippen LogP contribution is 2.16. The molecule has 0 fully saturated rings. The predicted octanol–water partition coefficient (Wildman–Crippen LogP) is 3.56. The van der Waals surface area contributed by atoms with Crippen LogP contribution in [0.25, 0.3) is 0 Å². The van der Waals surface area contributed by atoms with Gasteiger partial charge in [-0.2, -0.15) is 0 Å². The van der Waals surface area contributed by atoms with Crippen LogP contribution in [0.1, 0.15) is 21.6 Å². The number of anilines is 1. The van der Waals surface area contributed by atoms with Crippen LogP contribution in [0, 0.1) is 0 Å². The lowest BCUT2D eigenvalue weighted by Gasteiger charge is -2.12. The third kappa shape index (κ3) is 4.89. The molecule has 3 aromatic rings. The van der Waals surface area contributed by atoms with Crippen molar-refractivity contribution < 1.29 is 9.63 Å². The van der Waals surface area contributed by atoms with Gasteiger partial charge < -0.3 is 5.32 Å². The van der Waals surface area contributed by atoms with Gasteiger partial charge in [-0.3, -0.25) is 14.6 Å². The smallest absolute Gasteiger partial charge is 0.276 e.